The summed E-state index contributed by atoms with van der Waals surface area (Å²) in [6, 6.07) is 6.12. The van der Waals surface area contributed by atoms with Crippen molar-refractivity contribution in [3.63, 3.8) is 0 Å². The second-order valence-electron chi connectivity index (χ2n) is 5.60. The Labute approximate surface area is 123 Å². The number of hydrogen-bond donors (Lipinski definition) is 3. The molecule has 0 heterocycles. The maximum atomic E-state index is 11.9. The number of nitrogens with one attached hydrogen (secondary N) is 1. The molecule has 0 bridgehead atoms. The lowest BCUT2D eigenvalue weighted by atomic mass is 9.85. The van der Waals surface area contributed by atoms with Gasteiger partial charge in [0.25, 0.3) is 0 Å². The van der Waals surface area contributed by atoms with Gasteiger partial charge in [0.05, 0.1) is 5.41 Å². The highest BCUT2D eigenvalue weighted by molar-refractivity contribution is 5.92. The van der Waals surface area contributed by atoms with Crippen LogP contribution in [0.2, 0.25) is 0 Å². The van der Waals surface area contributed by atoms with Crippen LogP contribution >= 0.6 is 0 Å². The minimum Gasteiger partial charge on any atom is -0.508 e. The normalized spacial score (nSPS) is 25.1. The summed E-state index contributed by atoms with van der Waals surface area (Å²) in [6.07, 6.45) is 5.07. The number of aliphatic carboxylic acids is 1. The quantitative estimate of drug-likeness (QED) is 0.741. The highest BCUT2D eigenvalue weighted by Gasteiger charge is 2.45. The fourth-order valence-corrected chi connectivity index (χ4v) is 2.63. The Balaban J connectivity index is 1.98. The number of carboxylic acids is 1. The molecule has 0 aromatic heterocycles. The SMILES string of the molecule is CC1(C(=O)O)CCCC1NC(=O)/C=C/c1ccc(O)cc1. The predicted octanol–water partition coefficient (Wildman–Crippen LogP) is 2.17. The zero-order valence-electron chi connectivity index (χ0n) is 11.9. The molecule has 0 saturated heterocycles. The summed E-state index contributed by atoms with van der Waals surface area (Å²) >= 11 is 0. The van der Waals surface area contributed by atoms with Crippen molar-refractivity contribution in [3.8, 4) is 5.75 Å². The molecular weight excluding hydrogens is 270 g/mol. The Morgan fingerprint density at radius 1 is 1.33 bits per heavy atom. The fraction of sp³-hybridized carbons (Fsp3) is 0.375. The molecular formula is C16H19NO4. The monoisotopic (exact) mass is 289 g/mol. The topological polar surface area (TPSA) is 86.6 Å². The van der Waals surface area contributed by atoms with E-state index >= 15 is 0 Å². The number of aromatic hydroxyl groups is 1. The average molecular weight is 289 g/mol. The van der Waals surface area contributed by atoms with Crippen molar-refractivity contribution in [2.75, 3.05) is 0 Å². The van der Waals surface area contributed by atoms with E-state index in [1.807, 2.05) is 0 Å². The number of rotatable bonds is 4. The number of phenols is 1. The molecule has 1 aromatic rings. The molecule has 2 unspecified atom stereocenters. The van der Waals surface area contributed by atoms with Crippen LogP contribution in [0.5, 0.6) is 5.75 Å². The van der Waals surface area contributed by atoms with Gasteiger partial charge in [-0.2, -0.15) is 0 Å². The second-order valence-corrected chi connectivity index (χ2v) is 5.60. The minimum atomic E-state index is -0.887. The van der Waals surface area contributed by atoms with Crippen molar-refractivity contribution < 1.29 is 19.8 Å². The first-order valence-corrected chi connectivity index (χ1v) is 6.93. The van der Waals surface area contributed by atoms with Crippen molar-refractivity contribution >= 4 is 18.0 Å². The molecule has 5 heteroatoms. The molecule has 1 amide bonds. The van der Waals surface area contributed by atoms with Crippen LogP contribution in [-0.2, 0) is 9.59 Å². The van der Waals surface area contributed by atoms with Gasteiger partial charge in [0.1, 0.15) is 5.75 Å². The number of carbonyl (C=O) groups excluding carboxylic acids is 1. The van der Waals surface area contributed by atoms with E-state index in [1.165, 1.54) is 18.2 Å². The fourth-order valence-electron chi connectivity index (χ4n) is 2.63. The van der Waals surface area contributed by atoms with E-state index in [1.54, 1.807) is 25.1 Å². The van der Waals surface area contributed by atoms with Gasteiger partial charge in [0.15, 0.2) is 0 Å². The minimum absolute atomic E-state index is 0.166. The molecule has 1 aliphatic carbocycles. The lowest BCUT2D eigenvalue weighted by Crippen LogP contribution is -2.46. The van der Waals surface area contributed by atoms with Crippen LogP contribution in [0.15, 0.2) is 30.3 Å². The second kappa shape index (κ2) is 5.99. The van der Waals surface area contributed by atoms with E-state index in [0.29, 0.717) is 12.8 Å². The zero-order chi connectivity index (χ0) is 15.5. The van der Waals surface area contributed by atoms with E-state index in [2.05, 4.69) is 5.32 Å². The van der Waals surface area contributed by atoms with Crippen LogP contribution in [-0.4, -0.2) is 28.1 Å². The third-order valence-corrected chi connectivity index (χ3v) is 4.08. The maximum absolute atomic E-state index is 11.9. The number of carboxylic acid groups (broad SMARTS) is 1. The van der Waals surface area contributed by atoms with E-state index in [9.17, 15) is 19.8 Å². The third-order valence-electron chi connectivity index (χ3n) is 4.08. The van der Waals surface area contributed by atoms with Gasteiger partial charge < -0.3 is 15.5 Å². The number of hydrogen-bond acceptors (Lipinski definition) is 3. The Morgan fingerprint density at radius 2 is 2.00 bits per heavy atom. The molecule has 1 aromatic carbocycles. The standard InChI is InChI=1S/C16H19NO4/c1-16(15(20)21)10-2-3-13(16)17-14(19)9-6-11-4-7-12(18)8-5-11/h4-9,13,18H,2-3,10H2,1H3,(H,17,19)(H,20,21)/b9-6+. The van der Waals surface area contributed by atoms with Crippen LogP contribution < -0.4 is 5.32 Å². The first kappa shape index (κ1) is 15.1. The Kier molecular flexibility index (Phi) is 4.31. The smallest absolute Gasteiger partial charge is 0.311 e. The van der Waals surface area contributed by atoms with E-state index in [4.69, 9.17) is 0 Å². The lowest BCUT2D eigenvalue weighted by molar-refractivity contribution is -0.148. The predicted molar refractivity (Wildman–Crippen MR) is 78.7 cm³/mol. The molecule has 3 N–H and O–H groups in total. The van der Waals surface area contributed by atoms with Gasteiger partial charge in [-0.15, -0.1) is 0 Å². The number of carbonyl (C=O) groups is 2. The number of amides is 1. The van der Waals surface area contributed by atoms with Crippen molar-refractivity contribution in [2.24, 2.45) is 5.41 Å². The van der Waals surface area contributed by atoms with Gasteiger partial charge in [0, 0.05) is 12.1 Å². The molecule has 1 aliphatic rings. The Bertz CT molecular complexity index is 564. The molecule has 1 saturated carbocycles. The summed E-state index contributed by atoms with van der Waals surface area (Å²) in [6.45, 7) is 1.68. The van der Waals surface area contributed by atoms with Gasteiger partial charge >= 0.3 is 5.97 Å². The van der Waals surface area contributed by atoms with Gasteiger partial charge in [-0.05, 0) is 43.5 Å². The first-order valence-electron chi connectivity index (χ1n) is 6.93. The van der Waals surface area contributed by atoms with Crippen molar-refractivity contribution in [3.05, 3.63) is 35.9 Å². The zero-order valence-corrected chi connectivity index (χ0v) is 11.9. The molecule has 5 nitrogen and oxygen atoms in total. The van der Waals surface area contributed by atoms with Crippen LogP contribution in [0.3, 0.4) is 0 Å². The van der Waals surface area contributed by atoms with Crippen LogP contribution in [0.25, 0.3) is 6.08 Å². The molecule has 1 fully saturated rings. The molecule has 21 heavy (non-hydrogen) atoms. The largest absolute Gasteiger partial charge is 0.508 e. The Hall–Kier alpha value is -2.30. The van der Waals surface area contributed by atoms with Crippen molar-refractivity contribution in [1.29, 1.82) is 0 Å². The maximum Gasteiger partial charge on any atom is 0.311 e. The highest BCUT2D eigenvalue weighted by atomic mass is 16.4. The third kappa shape index (κ3) is 3.42. The molecule has 0 spiro atoms. The lowest BCUT2D eigenvalue weighted by Gasteiger charge is -2.27. The summed E-state index contributed by atoms with van der Waals surface area (Å²) in [4.78, 5) is 23.2. The summed E-state index contributed by atoms with van der Waals surface area (Å²) in [5.74, 6) is -1.00. The summed E-state index contributed by atoms with van der Waals surface area (Å²) in [5, 5.41) is 21.2. The van der Waals surface area contributed by atoms with Crippen LogP contribution in [0.4, 0.5) is 0 Å². The van der Waals surface area contributed by atoms with E-state index in [0.717, 1.165) is 12.0 Å². The summed E-state index contributed by atoms with van der Waals surface area (Å²) < 4.78 is 0. The summed E-state index contributed by atoms with van der Waals surface area (Å²) in [5.41, 5.74) is -0.0995. The first-order chi connectivity index (χ1) is 9.91. The van der Waals surface area contributed by atoms with Gasteiger partial charge in [-0.3, -0.25) is 9.59 Å². The van der Waals surface area contributed by atoms with Gasteiger partial charge in [-0.1, -0.05) is 18.6 Å². The molecule has 2 atom stereocenters. The van der Waals surface area contributed by atoms with Crippen LogP contribution in [0.1, 0.15) is 31.7 Å². The number of benzene rings is 1. The van der Waals surface area contributed by atoms with Gasteiger partial charge in [-0.25, -0.2) is 0 Å². The Morgan fingerprint density at radius 3 is 2.62 bits per heavy atom. The molecule has 0 radical (unpaired) electrons. The van der Waals surface area contributed by atoms with Crippen molar-refractivity contribution in [1.82, 2.24) is 5.32 Å². The molecule has 0 aliphatic heterocycles. The van der Waals surface area contributed by atoms with Gasteiger partial charge in [0.2, 0.25) is 5.91 Å². The highest BCUT2D eigenvalue weighted by Crippen LogP contribution is 2.38. The molecule has 112 valence electrons. The van der Waals surface area contributed by atoms with E-state index < -0.39 is 11.4 Å². The van der Waals surface area contributed by atoms with Crippen LogP contribution in [0, 0.1) is 5.41 Å². The van der Waals surface area contributed by atoms with E-state index in [-0.39, 0.29) is 17.7 Å². The van der Waals surface area contributed by atoms with Crippen molar-refractivity contribution in [2.45, 2.75) is 32.2 Å². The average Bonchev–Trinajstić information content (AvgIpc) is 2.81. The summed E-state index contributed by atoms with van der Waals surface area (Å²) in [7, 11) is 0. The molecule has 2 rings (SSSR count). The number of phenolic OH excluding ortho intramolecular Hbond substituents is 1.